The normalized spacial score (nSPS) is 21.1. The first-order chi connectivity index (χ1) is 10.2. The van der Waals surface area contributed by atoms with E-state index < -0.39 is 5.60 Å². The van der Waals surface area contributed by atoms with Gasteiger partial charge in [0.25, 0.3) is 0 Å². The molecule has 21 heavy (non-hydrogen) atoms. The Labute approximate surface area is 130 Å². The summed E-state index contributed by atoms with van der Waals surface area (Å²) in [6.07, 6.45) is 2.15. The Balaban J connectivity index is 1.74. The zero-order valence-electron chi connectivity index (χ0n) is 12.2. The van der Waals surface area contributed by atoms with Crippen LogP contribution in [0.5, 0.6) is 5.75 Å². The average Bonchev–Trinajstić information content (AvgIpc) is 2.91. The van der Waals surface area contributed by atoms with Gasteiger partial charge in [-0.25, -0.2) is 0 Å². The number of rotatable bonds is 8. The van der Waals surface area contributed by atoms with Crippen LogP contribution in [0.15, 0.2) is 24.3 Å². The van der Waals surface area contributed by atoms with Crippen LogP contribution in [0.4, 0.5) is 0 Å². The topological polar surface area (TPSA) is 65.3 Å². The van der Waals surface area contributed by atoms with Gasteiger partial charge >= 0.3 is 0 Å². The van der Waals surface area contributed by atoms with E-state index in [-0.39, 0.29) is 0 Å². The van der Waals surface area contributed by atoms with E-state index in [0.29, 0.717) is 19.6 Å². The van der Waals surface area contributed by atoms with E-state index in [1.807, 2.05) is 36.0 Å². The molecule has 1 atom stereocenters. The van der Waals surface area contributed by atoms with Crippen molar-refractivity contribution in [3.8, 4) is 11.8 Å². The Hall–Kier alpha value is -1.22. The van der Waals surface area contributed by atoms with Crippen LogP contribution in [0.3, 0.4) is 0 Å². The molecule has 114 valence electrons. The van der Waals surface area contributed by atoms with Gasteiger partial charge < -0.3 is 15.2 Å². The molecule has 4 nitrogen and oxygen atoms in total. The molecule has 0 amide bonds. The second-order valence-electron chi connectivity index (χ2n) is 5.39. The third kappa shape index (κ3) is 5.58. The van der Waals surface area contributed by atoms with Crippen molar-refractivity contribution in [1.82, 2.24) is 5.32 Å². The first-order valence-electron chi connectivity index (χ1n) is 7.31. The van der Waals surface area contributed by atoms with E-state index in [0.717, 1.165) is 42.2 Å². The van der Waals surface area contributed by atoms with E-state index in [9.17, 15) is 5.11 Å². The molecule has 2 rings (SSSR count). The van der Waals surface area contributed by atoms with Crippen molar-refractivity contribution < 1.29 is 9.84 Å². The van der Waals surface area contributed by atoms with Gasteiger partial charge in [-0.2, -0.15) is 17.0 Å². The summed E-state index contributed by atoms with van der Waals surface area (Å²) in [6, 6.07) is 10.1. The van der Waals surface area contributed by atoms with Gasteiger partial charge in [0, 0.05) is 25.3 Å². The number of hydrogen-bond donors (Lipinski definition) is 2. The van der Waals surface area contributed by atoms with Crippen molar-refractivity contribution in [2.45, 2.75) is 31.4 Å². The van der Waals surface area contributed by atoms with Crippen molar-refractivity contribution in [1.29, 1.82) is 5.26 Å². The number of unbranched alkanes of at least 4 members (excludes halogenated alkanes) is 1. The van der Waals surface area contributed by atoms with E-state index in [1.54, 1.807) is 0 Å². The maximum atomic E-state index is 10.3. The highest BCUT2D eigenvalue weighted by atomic mass is 32.2. The fourth-order valence-electron chi connectivity index (χ4n) is 2.26. The van der Waals surface area contributed by atoms with E-state index in [4.69, 9.17) is 10.00 Å². The summed E-state index contributed by atoms with van der Waals surface area (Å²) in [4.78, 5) is 0. The van der Waals surface area contributed by atoms with Crippen LogP contribution in [0.2, 0.25) is 0 Å². The van der Waals surface area contributed by atoms with Gasteiger partial charge in [0.2, 0.25) is 0 Å². The van der Waals surface area contributed by atoms with Crippen molar-refractivity contribution in [3.63, 3.8) is 0 Å². The second kappa shape index (κ2) is 8.28. The Morgan fingerprint density at radius 2 is 2.38 bits per heavy atom. The Morgan fingerprint density at radius 3 is 3.14 bits per heavy atom. The minimum atomic E-state index is -0.546. The number of nitrogens with zero attached hydrogens (tertiary/aromatic N) is 1. The number of aliphatic hydroxyl groups is 1. The summed E-state index contributed by atoms with van der Waals surface area (Å²) in [5.74, 6) is 2.70. The first-order valence-corrected chi connectivity index (χ1v) is 8.47. The summed E-state index contributed by atoms with van der Waals surface area (Å²) in [5.41, 5.74) is 0.595. The highest BCUT2D eigenvalue weighted by molar-refractivity contribution is 7.99. The van der Waals surface area contributed by atoms with Crippen molar-refractivity contribution >= 4 is 11.8 Å². The van der Waals surface area contributed by atoms with Crippen molar-refractivity contribution in [3.05, 3.63) is 29.8 Å². The molecule has 1 saturated heterocycles. The van der Waals surface area contributed by atoms with Crippen LogP contribution < -0.4 is 10.1 Å². The number of nitrogens with one attached hydrogen (secondary N) is 1. The van der Waals surface area contributed by atoms with Crippen LogP contribution in [0, 0.1) is 11.3 Å². The Morgan fingerprint density at radius 1 is 1.48 bits per heavy atom. The molecule has 0 saturated carbocycles. The molecule has 1 aromatic rings. The maximum Gasteiger partial charge on any atom is 0.119 e. The second-order valence-corrected chi connectivity index (χ2v) is 6.49. The van der Waals surface area contributed by atoms with Gasteiger partial charge in [-0.1, -0.05) is 12.1 Å². The number of benzene rings is 1. The quantitative estimate of drug-likeness (QED) is 0.722. The van der Waals surface area contributed by atoms with Crippen LogP contribution in [0.1, 0.15) is 24.8 Å². The number of nitriles is 1. The number of ether oxygens (including phenoxy) is 1. The number of hydrogen-bond acceptors (Lipinski definition) is 5. The molecule has 1 heterocycles. The van der Waals surface area contributed by atoms with Gasteiger partial charge in [-0.15, -0.1) is 0 Å². The van der Waals surface area contributed by atoms with Gasteiger partial charge in [-0.3, -0.25) is 0 Å². The molecular weight excluding hydrogens is 284 g/mol. The molecule has 0 aromatic heterocycles. The maximum absolute atomic E-state index is 10.3. The van der Waals surface area contributed by atoms with Crippen LogP contribution in [0.25, 0.3) is 0 Å². The molecule has 1 aliphatic heterocycles. The van der Waals surface area contributed by atoms with Crippen LogP contribution >= 0.6 is 11.8 Å². The summed E-state index contributed by atoms with van der Waals surface area (Å²) < 4.78 is 5.62. The third-order valence-corrected chi connectivity index (χ3v) is 4.70. The van der Waals surface area contributed by atoms with Crippen LogP contribution in [-0.4, -0.2) is 35.4 Å². The molecule has 5 heteroatoms. The minimum Gasteiger partial charge on any atom is -0.494 e. The average molecular weight is 306 g/mol. The molecular formula is C16H22N2O2S. The van der Waals surface area contributed by atoms with Gasteiger partial charge in [0.05, 0.1) is 18.3 Å². The molecule has 1 aliphatic rings. The fourth-order valence-corrected chi connectivity index (χ4v) is 3.56. The summed E-state index contributed by atoms with van der Waals surface area (Å²) in [7, 11) is 0. The third-order valence-electron chi connectivity index (χ3n) is 3.47. The molecule has 1 fully saturated rings. The number of thioether (sulfide) groups is 1. The lowest BCUT2D eigenvalue weighted by Crippen LogP contribution is -2.40. The van der Waals surface area contributed by atoms with Gasteiger partial charge in [0.1, 0.15) is 5.75 Å². The largest absolute Gasteiger partial charge is 0.494 e. The Bertz CT molecular complexity index is 481. The molecule has 2 N–H and O–H groups in total. The summed E-state index contributed by atoms with van der Waals surface area (Å²) in [5, 5.41) is 22.1. The highest BCUT2D eigenvalue weighted by Crippen LogP contribution is 2.27. The lowest BCUT2D eigenvalue weighted by atomic mass is 10.0. The fraction of sp³-hybridized carbons (Fsp3) is 0.562. The molecule has 1 unspecified atom stereocenters. The minimum absolute atomic E-state index is 0.526. The molecule has 1 aromatic carbocycles. The molecule has 0 bridgehead atoms. The predicted octanol–water partition coefficient (Wildman–Crippen LogP) is 2.33. The molecule has 0 radical (unpaired) electrons. The SMILES string of the molecule is N#CCCCOc1cccc(CNCC2(O)CCSC2)c1. The van der Waals surface area contributed by atoms with E-state index in [1.165, 1.54) is 0 Å². The Kier molecular flexibility index (Phi) is 6.37. The zero-order valence-corrected chi connectivity index (χ0v) is 13.0. The highest BCUT2D eigenvalue weighted by Gasteiger charge is 2.30. The van der Waals surface area contributed by atoms with Crippen molar-refractivity contribution in [2.75, 3.05) is 24.7 Å². The van der Waals surface area contributed by atoms with Gasteiger partial charge in [-0.05, 0) is 36.3 Å². The monoisotopic (exact) mass is 306 g/mol. The van der Waals surface area contributed by atoms with Gasteiger partial charge in [0.15, 0.2) is 0 Å². The molecule has 0 spiro atoms. The summed E-state index contributed by atoms with van der Waals surface area (Å²) in [6.45, 7) is 1.93. The summed E-state index contributed by atoms with van der Waals surface area (Å²) >= 11 is 1.81. The smallest absolute Gasteiger partial charge is 0.119 e. The van der Waals surface area contributed by atoms with Crippen LogP contribution in [-0.2, 0) is 6.54 Å². The van der Waals surface area contributed by atoms with E-state index >= 15 is 0 Å². The predicted molar refractivity (Wildman–Crippen MR) is 85.4 cm³/mol. The lowest BCUT2D eigenvalue weighted by Gasteiger charge is -2.21. The van der Waals surface area contributed by atoms with Crippen molar-refractivity contribution in [2.24, 2.45) is 0 Å². The van der Waals surface area contributed by atoms with E-state index in [2.05, 4.69) is 11.4 Å². The lowest BCUT2D eigenvalue weighted by molar-refractivity contribution is 0.0674. The standard InChI is InChI=1S/C16H22N2O2S/c17-7-1-2-8-20-15-5-3-4-14(10-15)11-18-12-16(19)6-9-21-13-16/h3-5,10,18-19H,1-2,6,8-9,11-13H2. The zero-order chi connectivity index (χ0) is 15.0. The first kappa shape index (κ1) is 16.2. The molecule has 0 aliphatic carbocycles.